The van der Waals surface area contributed by atoms with Crippen molar-refractivity contribution in [1.29, 1.82) is 0 Å². The van der Waals surface area contributed by atoms with Crippen LogP contribution in [0.3, 0.4) is 0 Å². The number of hydrogen-bond donors (Lipinski definition) is 2. The van der Waals surface area contributed by atoms with Gasteiger partial charge in [0.15, 0.2) is 5.82 Å². The highest BCUT2D eigenvalue weighted by Gasteiger charge is 2.06. The molecule has 7 heteroatoms. The summed E-state index contributed by atoms with van der Waals surface area (Å²) in [6, 6.07) is 0. The lowest BCUT2D eigenvalue weighted by molar-refractivity contribution is 0.829. The Morgan fingerprint density at radius 1 is 1.47 bits per heavy atom. The minimum absolute atomic E-state index is 0.376. The maximum absolute atomic E-state index is 5.25. The maximum Gasteiger partial charge on any atom is 0.239 e. The van der Waals surface area contributed by atoms with Crippen molar-refractivity contribution in [2.75, 3.05) is 5.43 Å². The molecule has 0 amide bonds. The molecule has 0 aliphatic heterocycles. The third kappa shape index (κ3) is 2.07. The Morgan fingerprint density at radius 3 is 2.87 bits per heavy atom. The van der Waals surface area contributed by atoms with Crippen molar-refractivity contribution >= 4 is 28.5 Å². The third-order valence-corrected chi connectivity index (χ3v) is 2.40. The summed E-state index contributed by atoms with van der Waals surface area (Å²) in [4.78, 5) is 8.22. The molecular weight excluding hydrogens is 307 g/mol. The fourth-order valence-electron chi connectivity index (χ4n) is 1.15. The number of nitrogens with two attached hydrogens (primary N) is 1. The minimum Gasteiger partial charge on any atom is -0.292 e. The molecule has 0 aliphatic rings. The van der Waals surface area contributed by atoms with E-state index in [1.807, 2.05) is 13.1 Å². The van der Waals surface area contributed by atoms with Gasteiger partial charge in [-0.2, -0.15) is 10.1 Å². The van der Waals surface area contributed by atoms with Gasteiger partial charge in [0.1, 0.15) is 0 Å². The van der Waals surface area contributed by atoms with Crippen LogP contribution in [-0.2, 0) is 0 Å². The Bertz CT molecular complexity index is 480. The second-order valence-corrected chi connectivity index (χ2v) is 4.19. The lowest BCUT2D eigenvalue weighted by atomic mass is 10.3. The topological polar surface area (TPSA) is 81.6 Å². The molecule has 3 N–H and O–H groups in total. The summed E-state index contributed by atoms with van der Waals surface area (Å²) >= 11 is 2.19. The molecule has 0 atom stereocenters. The molecule has 15 heavy (non-hydrogen) atoms. The molecule has 0 aliphatic carbocycles. The van der Waals surface area contributed by atoms with E-state index < -0.39 is 0 Å². The van der Waals surface area contributed by atoms with E-state index in [0.29, 0.717) is 5.95 Å². The second kappa shape index (κ2) is 4.11. The van der Waals surface area contributed by atoms with Crippen molar-refractivity contribution in [3.05, 3.63) is 27.7 Å². The van der Waals surface area contributed by atoms with E-state index >= 15 is 0 Å². The van der Waals surface area contributed by atoms with Crippen LogP contribution < -0.4 is 11.3 Å². The van der Waals surface area contributed by atoms with Crippen LogP contribution in [0, 0.1) is 10.5 Å². The molecule has 2 aromatic rings. The fourth-order valence-corrected chi connectivity index (χ4v) is 1.54. The summed E-state index contributed by atoms with van der Waals surface area (Å²) in [6.07, 6.45) is 5.35. The highest BCUT2D eigenvalue weighted by molar-refractivity contribution is 14.1. The van der Waals surface area contributed by atoms with E-state index in [1.165, 1.54) is 0 Å². The van der Waals surface area contributed by atoms with Gasteiger partial charge < -0.3 is 0 Å². The lowest BCUT2D eigenvalue weighted by Crippen LogP contribution is -2.12. The van der Waals surface area contributed by atoms with Gasteiger partial charge in [0, 0.05) is 18.0 Å². The average Bonchev–Trinajstić information content (AvgIpc) is 2.65. The largest absolute Gasteiger partial charge is 0.292 e. The van der Waals surface area contributed by atoms with Crippen molar-refractivity contribution in [3.8, 4) is 5.82 Å². The predicted molar refractivity (Wildman–Crippen MR) is 64.4 cm³/mol. The number of halogens is 1. The van der Waals surface area contributed by atoms with E-state index in [0.717, 1.165) is 15.0 Å². The summed E-state index contributed by atoms with van der Waals surface area (Å²) < 4.78 is 2.74. The quantitative estimate of drug-likeness (QED) is 0.488. The van der Waals surface area contributed by atoms with E-state index in [9.17, 15) is 0 Å². The molecule has 0 spiro atoms. The molecule has 0 bridgehead atoms. The van der Waals surface area contributed by atoms with Crippen LogP contribution >= 0.6 is 22.6 Å². The summed E-state index contributed by atoms with van der Waals surface area (Å²) in [5.41, 5.74) is 3.34. The predicted octanol–water partition coefficient (Wildman–Crippen LogP) is 0.861. The van der Waals surface area contributed by atoms with Crippen LogP contribution in [0.15, 0.2) is 18.6 Å². The SMILES string of the molecule is Cc1cnc(NN)nc1-n1cc(I)cn1. The van der Waals surface area contributed by atoms with Crippen LogP contribution in [0.2, 0.25) is 0 Å². The summed E-state index contributed by atoms with van der Waals surface area (Å²) in [6.45, 7) is 1.92. The number of hydrogen-bond acceptors (Lipinski definition) is 5. The van der Waals surface area contributed by atoms with Crippen molar-refractivity contribution < 1.29 is 0 Å². The number of aromatic nitrogens is 4. The molecule has 0 fully saturated rings. The van der Waals surface area contributed by atoms with Gasteiger partial charge in [-0.15, -0.1) is 0 Å². The Balaban J connectivity index is 2.51. The average molecular weight is 316 g/mol. The first-order valence-corrected chi connectivity index (χ1v) is 5.29. The van der Waals surface area contributed by atoms with Crippen LogP contribution in [0.5, 0.6) is 0 Å². The van der Waals surface area contributed by atoms with Gasteiger partial charge in [0.2, 0.25) is 5.95 Å². The molecule has 2 aromatic heterocycles. The van der Waals surface area contributed by atoms with Gasteiger partial charge >= 0.3 is 0 Å². The minimum atomic E-state index is 0.376. The number of aryl methyl sites for hydroxylation is 1. The zero-order valence-corrected chi connectivity index (χ0v) is 10.1. The zero-order valence-electron chi connectivity index (χ0n) is 7.98. The highest BCUT2D eigenvalue weighted by atomic mass is 127. The first-order valence-electron chi connectivity index (χ1n) is 4.21. The zero-order chi connectivity index (χ0) is 10.8. The molecule has 78 valence electrons. The molecule has 0 saturated heterocycles. The Morgan fingerprint density at radius 2 is 2.27 bits per heavy atom. The first-order chi connectivity index (χ1) is 7.20. The smallest absolute Gasteiger partial charge is 0.239 e. The normalized spacial score (nSPS) is 10.3. The molecular formula is C8H9IN6. The van der Waals surface area contributed by atoms with E-state index in [2.05, 4.69) is 43.1 Å². The maximum atomic E-state index is 5.25. The number of hydrazine groups is 1. The first kappa shape index (κ1) is 10.3. The lowest BCUT2D eigenvalue weighted by Gasteiger charge is -2.05. The molecule has 2 heterocycles. The number of nitrogens with zero attached hydrogens (tertiary/aromatic N) is 4. The molecule has 0 radical (unpaired) electrons. The fraction of sp³-hybridized carbons (Fsp3) is 0.125. The van der Waals surface area contributed by atoms with Crippen molar-refractivity contribution in [2.45, 2.75) is 6.92 Å². The van der Waals surface area contributed by atoms with Gasteiger partial charge in [-0.05, 0) is 29.5 Å². The van der Waals surface area contributed by atoms with Crippen molar-refractivity contribution in [2.24, 2.45) is 5.84 Å². The van der Waals surface area contributed by atoms with E-state index in [-0.39, 0.29) is 0 Å². The summed E-state index contributed by atoms with van der Waals surface area (Å²) in [7, 11) is 0. The Labute approximate surface area is 100 Å². The Hall–Kier alpha value is -1.22. The van der Waals surface area contributed by atoms with Gasteiger partial charge in [0.05, 0.1) is 9.77 Å². The summed E-state index contributed by atoms with van der Waals surface area (Å²) in [5, 5.41) is 4.17. The van der Waals surface area contributed by atoms with Crippen LogP contribution in [0.25, 0.3) is 5.82 Å². The summed E-state index contributed by atoms with van der Waals surface area (Å²) in [5.74, 6) is 6.34. The van der Waals surface area contributed by atoms with Gasteiger partial charge in [-0.25, -0.2) is 15.5 Å². The van der Waals surface area contributed by atoms with Crippen molar-refractivity contribution in [3.63, 3.8) is 0 Å². The number of rotatable bonds is 2. The monoisotopic (exact) mass is 316 g/mol. The van der Waals surface area contributed by atoms with Crippen LogP contribution in [-0.4, -0.2) is 19.7 Å². The molecule has 0 aromatic carbocycles. The van der Waals surface area contributed by atoms with Crippen LogP contribution in [0.4, 0.5) is 5.95 Å². The molecule has 2 rings (SSSR count). The third-order valence-electron chi connectivity index (χ3n) is 1.84. The standard InChI is InChI=1S/C8H9IN6/c1-5-2-11-8(14-10)13-7(5)15-4-6(9)3-12-15/h2-4H,10H2,1H3,(H,11,13,14). The van der Waals surface area contributed by atoms with Gasteiger partial charge in [-0.3, -0.25) is 5.43 Å². The second-order valence-electron chi connectivity index (χ2n) is 2.95. The van der Waals surface area contributed by atoms with Gasteiger partial charge in [0.25, 0.3) is 0 Å². The van der Waals surface area contributed by atoms with E-state index in [4.69, 9.17) is 5.84 Å². The molecule has 0 unspecified atom stereocenters. The van der Waals surface area contributed by atoms with Crippen molar-refractivity contribution in [1.82, 2.24) is 19.7 Å². The molecule has 0 saturated carbocycles. The number of nitrogens with one attached hydrogen (secondary N) is 1. The number of anilines is 1. The molecule has 6 nitrogen and oxygen atoms in total. The van der Waals surface area contributed by atoms with Gasteiger partial charge in [-0.1, -0.05) is 0 Å². The highest BCUT2D eigenvalue weighted by Crippen LogP contribution is 2.12. The number of nitrogen functional groups attached to an aromatic ring is 1. The van der Waals surface area contributed by atoms with Crippen LogP contribution in [0.1, 0.15) is 5.56 Å². The Kier molecular flexibility index (Phi) is 2.82. The van der Waals surface area contributed by atoms with E-state index in [1.54, 1.807) is 17.1 Å².